The molecule has 76 valence electrons. The number of hydrogen-bond donors (Lipinski definition) is 1. The monoisotopic (exact) mass is 189 g/mol. The van der Waals surface area contributed by atoms with Crippen LogP contribution < -0.4 is 0 Å². The van der Waals surface area contributed by atoms with Crippen molar-refractivity contribution in [1.29, 1.82) is 0 Å². The first kappa shape index (κ1) is 11.9. The van der Waals surface area contributed by atoms with Crippen molar-refractivity contribution in [3.8, 4) is 0 Å². The molecule has 0 spiro atoms. The van der Waals surface area contributed by atoms with E-state index in [0.29, 0.717) is 6.42 Å². The molecule has 0 amide bonds. The topological polar surface area (TPSA) is 80.4 Å². The maximum Gasteiger partial charge on any atom is 0.379 e. The second kappa shape index (κ2) is 6.39. The van der Waals surface area contributed by atoms with Gasteiger partial charge in [0.25, 0.3) is 0 Å². The summed E-state index contributed by atoms with van der Waals surface area (Å²) in [7, 11) is 0. The summed E-state index contributed by atoms with van der Waals surface area (Å²) in [6.45, 7) is 2.03. The molecule has 0 aliphatic heterocycles. The van der Waals surface area contributed by atoms with Crippen LogP contribution in [0, 0.1) is 10.1 Å². The van der Waals surface area contributed by atoms with Crippen molar-refractivity contribution >= 4 is 5.97 Å². The summed E-state index contributed by atoms with van der Waals surface area (Å²) >= 11 is 0. The fourth-order valence-corrected chi connectivity index (χ4v) is 1.08. The minimum Gasteiger partial charge on any atom is -0.476 e. The number of aliphatic carboxylic acids is 1. The Morgan fingerprint density at radius 3 is 2.46 bits per heavy atom. The van der Waals surface area contributed by atoms with Crippen LogP contribution >= 0.6 is 0 Å². The van der Waals surface area contributed by atoms with Gasteiger partial charge in [-0.1, -0.05) is 26.2 Å². The Bertz CT molecular complexity index is 167. The van der Waals surface area contributed by atoms with Crippen LogP contribution in [0.4, 0.5) is 0 Å². The predicted octanol–water partition coefficient (Wildman–Crippen LogP) is 1.69. The van der Waals surface area contributed by atoms with Crippen LogP contribution in [0.2, 0.25) is 0 Å². The van der Waals surface area contributed by atoms with Crippen LogP contribution in [-0.4, -0.2) is 22.0 Å². The van der Waals surface area contributed by atoms with Gasteiger partial charge in [0.15, 0.2) is 0 Å². The molecular formula is C8H15NO4. The summed E-state index contributed by atoms with van der Waals surface area (Å²) in [6.07, 6.45) is 3.67. The normalized spacial score (nSPS) is 12.4. The van der Waals surface area contributed by atoms with E-state index in [1.807, 2.05) is 6.92 Å². The zero-order chi connectivity index (χ0) is 10.3. The van der Waals surface area contributed by atoms with Gasteiger partial charge in [-0.3, -0.25) is 10.1 Å². The molecule has 0 bridgehead atoms. The minimum atomic E-state index is -1.42. The van der Waals surface area contributed by atoms with Gasteiger partial charge in [0.2, 0.25) is 0 Å². The van der Waals surface area contributed by atoms with Crippen molar-refractivity contribution in [1.82, 2.24) is 0 Å². The second-order valence-electron chi connectivity index (χ2n) is 2.99. The minimum absolute atomic E-state index is 0.141. The third kappa shape index (κ3) is 5.16. The molecule has 5 nitrogen and oxygen atoms in total. The molecule has 0 aromatic carbocycles. The van der Waals surface area contributed by atoms with Gasteiger partial charge in [0.1, 0.15) is 0 Å². The van der Waals surface area contributed by atoms with Crippen molar-refractivity contribution < 1.29 is 14.8 Å². The maximum atomic E-state index is 10.4. The Hall–Kier alpha value is -1.13. The molecule has 0 fully saturated rings. The first-order valence-electron chi connectivity index (χ1n) is 4.46. The fourth-order valence-electron chi connectivity index (χ4n) is 1.08. The Balaban J connectivity index is 3.71. The third-order valence-electron chi connectivity index (χ3n) is 1.87. The van der Waals surface area contributed by atoms with Crippen LogP contribution in [0.25, 0.3) is 0 Å². The molecule has 0 aromatic heterocycles. The molecule has 1 unspecified atom stereocenters. The average Bonchev–Trinajstić information content (AvgIpc) is 2.02. The zero-order valence-corrected chi connectivity index (χ0v) is 7.73. The number of carboxylic acids is 1. The number of hydrogen-bond acceptors (Lipinski definition) is 3. The van der Waals surface area contributed by atoms with Crippen molar-refractivity contribution in [2.24, 2.45) is 0 Å². The second-order valence-corrected chi connectivity index (χ2v) is 2.99. The molecule has 5 heteroatoms. The number of carboxylic acid groups (broad SMARTS) is 1. The van der Waals surface area contributed by atoms with E-state index in [9.17, 15) is 14.9 Å². The number of rotatable bonds is 7. The molecule has 0 saturated carbocycles. The Labute approximate surface area is 76.9 Å². The molecule has 1 N–H and O–H groups in total. The smallest absolute Gasteiger partial charge is 0.379 e. The SMILES string of the molecule is CCCCCCC(C(=O)O)[N+](=O)[O-]. The van der Waals surface area contributed by atoms with E-state index in [1.165, 1.54) is 0 Å². The van der Waals surface area contributed by atoms with Gasteiger partial charge in [-0.05, 0) is 6.42 Å². The van der Waals surface area contributed by atoms with E-state index in [1.54, 1.807) is 0 Å². The molecule has 0 aromatic rings. The number of nitrogens with zero attached hydrogens (tertiary/aromatic N) is 1. The van der Waals surface area contributed by atoms with E-state index in [-0.39, 0.29) is 6.42 Å². The van der Waals surface area contributed by atoms with Gasteiger partial charge in [-0.2, -0.15) is 0 Å². The molecule has 0 aliphatic rings. The molecule has 0 heterocycles. The van der Waals surface area contributed by atoms with E-state index >= 15 is 0 Å². The lowest BCUT2D eigenvalue weighted by Crippen LogP contribution is -2.28. The van der Waals surface area contributed by atoms with Gasteiger partial charge in [-0.15, -0.1) is 0 Å². The number of unbranched alkanes of at least 4 members (excludes halogenated alkanes) is 3. The predicted molar refractivity (Wildman–Crippen MR) is 47.2 cm³/mol. The van der Waals surface area contributed by atoms with E-state index in [2.05, 4.69) is 0 Å². The zero-order valence-electron chi connectivity index (χ0n) is 7.73. The van der Waals surface area contributed by atoms with Gasteiger partial charge >= 0.3 is 12.0 Å². The van der Waals surface area contributed by atoms with Gasteiger partial charge < -0.3 is 5.11 Å². The summed E-state index contributed by atoms with van der Waals surface area (Å²) in [6, 6.07) is -1.42. The van der Waals surface area contributed by atoms with Crippen molar-refractivity contribution in [2.75, 3.05) is 0 Å². The van der Waals surface area contributed by atoms with E-state index < -0.39 is 16.9 Å². The number of carbonyl (C=O) groups is 1. The van der Waals surface area contributed by atoms with Crippen LogP contribution in [0.3, 0.4) is 0 Å². The maximum absolute atomic E-state index is 10.4. The highest BCUT2D eigenvalue weighted by Crippen LogP contribution is 2.07. The van der Waals surface area contributed by atoms with E-state index in [4.69, 9.17) is 5.11 Å². The Morgan fingerprint density at radius 2 is 2.08 bits per heavy atom. The lowest BCUT2D eigenvalue weighted by Gasteiger charge is -2.03. The summed E-state index contributed by atoms with van der Waals surface area (Å²) in [5.74, 6) is -1.33. The first-order chi connectivity index (χ1) is 6.09. The van der Waals surface area contributed by atoms with Crippen molar-refractivity contribution in [2.45, 2.75) is 45.1 Å². The van der Waals surface area contributed by atoms with Gasteiger partial charge in [0.05, 0.1) is 0 Å². The highest BCUT2D eigenvalue weighted by molar-refractivity contribution is 5.71. The van der Waals surface area contributed by atoms with Crippen LogP contribution in [0.5, 0.6) is 0 Å². The Morgan fingerprint density at radius 1 is 1.46 bits per heavy atom. The van der Waals surface area contributed by atoms with Gasteiger partial charge in [-0.25, -0.2) is 4.79 Å². The summed E-state index contributed by atoms with van der Waals surface area (Å²) in [5.41, 5.74) is 0. The van der Waals surface area contributed by atoms with Crippen molar-refractivity contribution in [3.05, 3.63) is 10.1 Å². The molecule has 1 atom stereocenters. The fraction of sp³-hybridized carbons (Fsp3) is 0.875. The molecule has 0 saturated heterocycles. The highest BCUT2D eigenvalue weighted by atomic mass is 16.6. The summed E-state index contributed by atoms with van der Waals surface area (Å²) in [5, 5.41) is 18.7. The largest absolute Gasteiger partial charge is 0.476 e. The van der Waals surface area contributed by atoms with Crippen LogP contribution in [0.1, 0.15) is 39.0 Å². The van der Waals surface area contributed by atoms with Crippen LogP contribution in [0.15, 0.2) is 0 Å². The van der Waals surface area contributed by atoms with E-state index in [0.717, 1.165) is 19.3 Å². The van der Waals surface area contributed by atoms with Crippen molar-refractivity contribution in [3.63, 3.8) is 0 Å². The first-order valence-corrected chi connectivity index (χ1v) is 4.46. The lowest BCUT2D eigenvalue weighted by molar-refractivity contribution is -0.511. The highest BCUT2D eigenvalue weighted by Gasteiger charge is 2.27. The quantitative estimate of drug-likeness (QED) is 0.375. The summed E-state index contributed by atoms with van der Waals surface area (Å²) in [4.78, 5) is 19.9. The molecule has 0 radical (unpaired) electrons. The number of nitro groups is 1. The third-order valence-corrected chi connectivity index (χ3v) is 1.87. The summed E-state index contributed by atoms with van der Waals surface area (Å²) < 4.78 is 0. The van der Waals surface area contributed by atoms with Crippen LogP contribution in [-0.2, 0) is 4.79 Å². The molecule has 0 rings (SSSR count). The standard InChI is InChI=1S/C8H15NO4/c1-2-3-4-5-6-7(8(10)11)9(12)13/h7H,2-6H2,1H3,(H,10,11). The molecule has 0 aliphatic carbocycles. The molecule has 13 heavy (non-hydrogen) atoms. The lowest BCUT2D eigenvalue weighted by atomic mass is 10.1. The Kier molecular flexibility index (Phi) is 5.84. The molecular weight excluding hydrogens is 174 g/mol. The van der Waals surface area contributed by atoms with Gasteiger partial charge in [0, 0.05) is 11.3 Å². The average molecular weight is 189 g/mol.